The molecule has 0 saturated heterocycles. The van der Waals surface area contributed by atoms with Gasteiger partial charge in [-0.3, -0.25) is 14.5 Å². The average molecular weight is 488 g/mol. The van der Waals surface area contributed by atoms with E-state index in [4.69, 9.17) is 4.74 Å². The smallest absolute Gasteiger partial charge is 0.262 e. The maximum Gasteiger partial charge on any atom is 0.262 e. The quantitative estimate of drug-likeness (QED) is 0.327. The summed E-state index contributed by atoms with van der Waals surface area (Å²) >= 11 is 0. The van der Waals surface area contributed by atoms with Crippen LogP contribution in [0.1, 0.15) is 57.5 Å². The summed E-state index contributed by atoms with van der Waals surface area (Å²) in [5, 5.41) is 10.2. The van der Waals surface area contributed by atoms with E-state index in [1.807, 2.05) is 66.7 Å². The summed E-state index contributed by atoms with van der Waals surface area (Å²) in [7, 11) is 0. The van der Waals surface area contributed by atoms with Crippen LogP contribution in [0.3, 0.4) is 0 Å². The first-order valence-electron chi connectivity index (χ1n) is 12.8. The number of amides is 2. The van der Waals surface area contributed by atoms with Crippen LogP contribution in [0.25, 0.3) is 22.3 Å². The van der Waals surface area contributed by atoms with E-state index in [-0.39, 0.29) is 24.1 Å². The molecule has 4 aromatic rings. The third kappa shape index (κ3) is 3.23. The molecule has 4 aromatic carbocycles. The Balaban J connectivity index is 1.52. The van der Waals surface area contributed by atoms with E-state index in [0.717, 1.165) is 59.1 Å². The number of hydrogen-bond acceptors (Lipinski definition) is 4. The van der Waals surface area contributed by atoms with Crippen molar-refractivity contribution in [1.29, 1.82) is 0 Å². The van der Waals surface area contributed by atoms with Crippen molar-refractivity contribution in [2.24, 2.45) is 0 Å². The van der Waals surface area contributed by atoms with E-state index < -0.39 is 5.60 Å². The Hall–Kier alpha value is -4.38. The summed E-state index contributed by atoms with van der Waals surface area (Å²) in [6.07, 6.45) is 3.45. The van der Waals surface area contributed by atoms with Crippen LogP contribution >= 0.6 is 0 Å². The van der Waals surface area contributed by atoms with Crippen molar-refractivity contribution in [2.45, 2.75) is 37.8 Å². The Morgan fingerprint density at radius 2 is 1.43 bits per heavy atom. The van der Waals surface area contributed by atoms with Gasteiger partial charge in [0.2, 0.25) is 0 Å². The monoisotopic (exact) mass is 487 g/mol. The Morgan fingerprint density at radius 1 is 0.757 bits per heavy atom. The highest BCUT2D eigenvalue weighted by atomic mass is 16.5. The lowest BCUT2D eigenvalue weighted by molar-refractivity contribution is 0.0607. The van der Waals surface area contributed by atoms with Gasteiger partial charge in [-0.25, -0.2) is 0 Å². The fraction of sp³-hybridized carbons (Fsp3) is 0.188. The molecule has 1 fully saturated rings. The van der Waals surface area contributed by atoms with Crippen molar-refractivity contribution < 1.29 is 19.4 Å². The highest BCUT2D eigenvalue weighted by Gasteiger charge is 2.51. The molecule has 3 aliphatic rings. The second-order valence-corrected chi connectivity index (χ2v) is 10.1. The molecule has 1 aliphatic carbocycles. The standard InChI is InChI=1S/C32H25NO4/c34-22-13-14-23-25-18-24(21-11-5-2-6-12-21)27-28(29(25)32(15-7-8-16-32)37-26(23)17-22)31(36)33(30(27)35)19-20-9-3-1-4-10-20/h1-6,9-14,17-18,34H,7-8,15-16,19H2. The van der Waals surface area contributed by atoms with Gasteiger partial charge in [0, 0.05) is 17.2 Å². The highest BCUT2D eigenvalue weighted by molar-refractivity contribution is 6.25. The number of phenols is 1. The molecule has 0 atom stereocenters. The molecule has 2 heterocycles. The number of imide groups is 1. The predicted octanol–water partition coefficient (Wildman–Crippen LogP) is 6.68. The van der Waals surface area contributed by atoms with Crippen molar-refractivity contribution in [2.75, 3.05) is 0 Å². The largest absolute Gasteiger partial charge is 0.508 e. The fourth-order valence-electron chi connectivity index (χ4n) is 6.30. The van der Waals surface area contributed by atoms with Crippen molar-refractivity contribution in [3.05, 3.63) is 107 Å². The van der Waals surface area contributed by atoms with Gasteiger partial charge in [0.15, 0.2) is 0 Å². The van der Waals surface area contributed by atoms with Crippen LogP contribution in [0.2, 0.25) is 0 Å². The molecule has 2 aliphatic heterocycles. The molecular weight excluding hydrogens is 462 g/mol. The van der Waals surface area contributed by atoms with Crippen LogP contribution in [0.15, 0.2) is 84.9 Å². The maximum atomic E-state index is 14.2. The van der Waals surface area contributed by atoms with Gasteiger partial charge in [-0.15, -0.1) is 0 Å². The molecule has 7 rings (SSSR count). The van der Waals surface area contributed by atoms with E-state index in [1.165, 1.54) is 4.90 Å². The number of carbonyl (C=O) groups excluding carboxylic acids is 2. The van der Waals surface area contributed by atoms with Crippen molar-refractivity contribution in [3.63, 3.8) is 0 Å². The van der Waals surface area contributed by atoms with Crippen molar-refractivity contribution >= 4 is 11.8 Å². The summed E-state index contributed by atoms with van der Waals surface area (Å²) in [6, 6.07) is 26.6. The summed E-state index contributed by atoms with van der Waals surface area (Å²) < 4.78 is 6.65. The lowest BCUT2D eigenvalue weighted by Crippen LogP contribution is -2.36. The number of nitrogens with zero attached hydrogens (tertiary/aromatic N) is 1. The van der Waals surface area contributed by atoms with Gasteiger partial charge in [-0.1, -0.05) is 60.7 Å². The molecule has 1 saturated carbocycles. The van der Waals surface area contributed by atoms with Crippen LogP contribution in [0, 0.1) is 0 Å². The molecule has 1 spiro atoms. The van der Waals surface area contributed by atoms with Crippen molar-refractivity contribution in [3.8, 4) is 33.8 Å². The summed E-state index contributed by atoms with van der Waals surface area (Å²) in [4.78, 5) is 29.6. The van der Waals surface area contributed by atoms with Gasteiger partial charge in [-0.05, 0) is 66.1 Å². The summed E-state index contributed by atoms with van der Waals surface area (Å²) in [5.74, 6) is 0.219. The Morgan fingerprint density at radius 3 is 2.16 bits per heavy atom. The number of benzene rings is 4. The van der Waals surface area contributed by atoms with Crippen LogP contribution in [0.4, 0.5) is 0 Å². The molecule has 0 unspecified atom stereocenters. The zero-order valence-electron chi connectivity index (χ0n) is 20.2. The minimum atomic E-state index is -0.700. The van der Waals surface area contributed by atoms with Crippen molar-refractivity contribution in [1.82, 2.24) is 4.90 Å². The van der Waals surface area contributed by atoms with E-state index in [0.29, 0.717) is 16.9 Å². The highest BCUT2D eigenvalue weighted by Crippen LogP contribution is 2.56. The van der Waals surface area contributed by atoms with Crippen LogP contribution in [-0.4, -0.2) is 21.8 Å². The number of fused-ring (bicyclic) bond motifs is 6. The molecule has 0 bridgehead atoms. The van der Waals surface area contributed by atoms with E-state index in [2.05, 4.69) is 6.07 Å². The number of rotatable bonds is 3. The Bertz CT molecular complexity index is 1570. The minimum absolute atomic E-state index is 0.139. The fourth-order valence-corrected chi connectivity index (χ4v) is 6.30. The zero-order valence-corrected chi connectivity index (χ0v) is 20.2. The maximum absolute atomic E-state index is 14.2. The number of phenolic OH excluding ortho intramolecular Hbond substituents is 1. The molecule has 5 heteroatoms. The van der Waals surface area contributed by atoms with Crippen LogP contribution in [-0.2, 0) is 12.1 Å². The molecule has 37 heavy (non-hydrogen) atoms. The Labute approximate surface area is 214 Å². The SMILES string of the molecule is O=C1c2c(-c3ccccc3)cc3c(c2C(=O)N1Cc1ccccc1)C1(CCCC1)Oc1cc(O)ccc1-3. The third-order valence-electron chi connectivity index (χ3n) is 7.94. The van der Waals surface area contributed by atoms with E-state index in [1.54, 1.807) is 12.1 Å². The average Bonchev–Trinajstić information content (AvgIpc) is 3.48. The molecule has 0 radical (unpaired) electrons. The second-order valence-electron chi connectivity index (χ2n) is 10.1. The van der Waals surface area contributed by atoms with Gasteiger partial charge in [0.25, 0.3) is 11.8 Å². The summed E-state index contributed by atoms with van der Waals surface area (Å²) in [5.41, 5.74) is 5.32. The first-order chi connectivity index (χ1) is 18.1. The molecule has 1 N–H and O–H groups in total. The molecule has 5 nitrogen and oxygen atoms in total. The first-order valence-corrected chi connectivity index (χ1v) is 12.8. The predicted molar refractivity (Wildman–Crippen MR) is 140 cm³/mol. The molecule has 0 aromatic heterocycles. The van der Waals surface area contributed by atoms with Gasteiger partial charge in [0.05, 0.1) is 17.7 Å². The van der Waals surface area contributed by atoms with Gasteiger partial charge in [0.1, 0.15) is 17.1 Å². The van der Waals surface area contributed by atoms with E-state index >= 15 is 0 Å². The topological polar surface area (TPSA) is 66.8 Å². The number of aromatic hydroxyl groups is 1. The normalized spacial score (nSPS) is 16.9. The number of carbonyl (C=O) groups is 2. The zero-order chi connectivity index (χ0) is 25.1. The Kier molecular flexibility index (Phi) is 4.77. The van der Waals surface area contributed by atoms with Gasteiger partial charge < -0.3 is 9.84 Å². The van der Waals surface area contributed by atoms with E-state index in [9.17, 15) is 14.7 Å². The third-order valence-corrected chi connectivity index (χ3v) is 7.94. The first kappa shape index (κ1) is 21.9. The van der Waals surface area contributed by atoms with Gasteiger partial charge in [-0.2, -0.15) is 0 Å². The lowest BCUT2D eigenvalue weighted by atomic mass is 9.76. The minimum Gasteiger partial charge on any atom is -0.508 e. The lowest BCUT2D eigenvalue weighted by Gasteiger charge is -2.39. The summed E-state index contributed by atoms with van der Waals surface area (Å²) in [6.45, 7) is 0.217. The van der Waals surface area contributed by atoms with Gasteiger partial charge >= 0.3 is 0 Å². The second kappa shape index (κ2) is 8.07. The molecular formula is C32H25NO4. The number of ether oxygens (including phenoxy) is 1. The molecule has 182 valence electrons. The van der Waals surface area contributed by atoms with Crippen LogP contribution < -0.4 is 4.74 Å². The van der Waals surface area contributed by atoms with Crippen LogP contribution in [0.5, 0.6) is 11.5 Å². The molecule has 2 amide bonds. The number of hydrogen-bond donors (Lipinski definition) is 1.